The molecule has 0 aliphatic carbocycles. The third kappa shape index (κ3) is 3.57. The fourth-order valence-electron chi connectivity index (χ4n) is 2.63. The van der Waals surface area contributed by atoms with E-state index < -0.39 is 0 Å². The molecule has 0 saturated carbocycles. The van der Waals surface area contributed by atoms with Crippen LogP contribution in [0.3, 0.4) is 0 Å². The Morgan fingerprint density at radius 3 is 2.95 bits per heavy atom. The Bertz CT molecular complexity index is 521. The second kappa shape index (κ2) is 6.85. The first-order valence-electron chi connectivity index (χ1n) is 6.91. The predicted molar refractivity (Wildman–Crippen MR) is 77.6 cm³/mol. The SMILES string of the molecule is CC1OCCC1N(C)Cc1ccc(F)cc1C#CCN. The van der Waals surface area contributed by atoms with E-state index in [1.807, 2.05) is 0 Å². The van der Waals surface area contributed by atoms with Gasteiger partial charge in [-0.25, -0.2) is 4.39 Å². The second-order valence-corrected chi connectivity index (χ2v) is 5.15. The maximum Gasteiger partial charge on any atom is 0.124 e. The summed E-state index contributed by atoms with van der Waals surface area (Å²) in [6.07, 6.45) is 1.27. The van der Waals surface area contributed by atoms with Gasteiger partial charge in [-0.2, -0.15) is 0 Å². The van der Waals surface area contributed by atoms with Gasteiger partial charge in [-0.05, 0) is 38.1 Å². The van der Waals surface area contributed by atoms with E-state index >= 15 is 0 Å². The van der Waals surface area contributed by atoms with Crippen LogP contribution in [0.1, 0.15) is 24.5 Å². The van der Waals surface area contributed by atoms with Crippen LogP contribution in [-0.2, 0) is 11.3 Å². The molecule has 2 rings (SSSR count). The minimum Gasteiger partial charge on any atom is -0.377 e. The normalized spacial score (nSPS) is 21.9. The van der Waals surface area contributed by atoms with Crippen molar-refractivity contribution in [1.82, 2.24) is 4.90 Å². The molecule has 108 valence electrons. The maximum absolute atomic E-state index is 13.3. The number of nitrogens with zero attached hydrogens (tertiary/aromatic N) is 1. The third-order valence-electron chi connectivity index (χ3n) is 3.72. The summed E-state index contributed by atoms with van der Waals surface area (Å²) in [6, 6.07) is 5.15. The number of hydrogen-bond acceptors (Lipinski definition) is 3. The van der Waals surface area contributed by atoms with Crippen LogP contribution in [0.5, 0.6) is 0 Å². The number of rotatable bonds is 3. The molecule has 20 heavy (non-hydrogen) atoms. The molecule has 0 amide bonds. The van der Waals surface area contributed by atoms with Crippen molar-refractivity contribution in [2.45, 2.75) is 32.0 Å². The topological polar surface area (TPSA) is 38.5 Å². The van der Waals surface area contributed by atoms with Crippen molar-refractivity contribution in [2.75, 3.05) is 20.2 Å². The van der Waals surface area contributed by atoms with Crippen LogP contribution in [0.25, 0.3) is 0 Å². The van der Waals surface area contributed by atoms with Gasteiger partial charge >= 0.3 is 0 Å². The Hall–Kier alpha value is -1.41. The summed E-state index contributed by atoms with van der Waals surface area (Å²) in [5.74, 6) is 5.47. The van der Waals surface area contributed by atoms with E-state index in [0.717, 1.165) is 25.1 Å². The monoisotopic (exact) mass is 276 g/mol. The van der Waals surface area contributed by atoms with Gasteiger partial charge in [-0.3, -0.25) is 4.90 Å². The van der Waals surface area contributed by atoms with E-state index in [9.17, 15) is 4.39 Å². The van der Waals surface area contributed by atoms with E-state index in [0.29, 0.717) is 11.6 Å². The molecule has 1 aliphatic rings. The Morgan fingerprint density at radius 2 is 2.30 bits per heavy atom. The Labute approximate surface area is 119 Å². The molecule has 3 nitrogen and oxygen atoms in total. The summed E-state index contributed by atoms with van der Waals surface area (Å²) in [5.41, 5.74) is 7.13. The molecule has 2 N–H and O–H groups in total. The summed E-state index contributed by atoms with van der Waals surface area (Å²) in [7, 11) is 2.07. The van der Waals surface area contributed by atoms with Gasteiger partial charge in [0.1, 0.15) is 5.82 Å². The van der Waals surface area contributed by atoms with E-state index in [2.05, 4.69) is 30.7 Å². The third-order valence-corrected chi connectivity index (χ3v) is 3.72. The second-order valence-electron chi connectivity index (χ2n) is 5.15. The van der Waals surface area contributed by atoms with Gasteiger partial charge in [0.25, 0.3) is 0 Å². The van der Waals surface area contributed by atoms with Crippen LogP contribution in [0.15, 0.2) is 18.2 Å². The fraction of sp³-hybridized carbons (Fsp3) is 0.500. The lowest BCUT2D eigenvalue weighted by Gasteiger charge is -2.27. The molecule has 1 aliphatic heterocycles. The highest BCUT2D eigenvalue weighted by Gasteiger charge is 2.27. The number of hydrogen-bond donors (Lipinski definition) is 1. The van der Waals surface area contributed by atoms with Gasteiger partial charge in [0, 0.05) is 24.8 Å². The highest BCUT2D eigenvalue weighted by Crippen LogP contribution is 2.21. The summed E-state index contributed by atoms with van der Waals surface area (Å²) < 4.78 is 18.9. The minimum atomic E-state index is -0.268. The van der Waals surface area contributed by atoms with Crippen molar-refractivity contribution < 1.29 is 9.13 Å². The molecule has 0 bridgehead atoms. The zero-order valence-corrected chi connectivity index (χ0v) is 12.0. The lowest BCUT2D eigenvalue weighted by atomic mass is 10.0. The Morgan fingerprint density at radius 1 is 1.50 bits per heavy atom. The van der Waals surface area contributed by atoms with Crippen molar-refractivity contribution in [1.29, 1.82) is 0 Å². The number of likely N-dealkylation sites (N-methyl/N-ethyl adjacent to an activating group) is 1. The van der Waals surface area contributed by atoms with Crippen molar-refractivity contribution in [2.24, 2.45) is 5.73 Å². The van der Waals surface area contributed by atoms with Crippen LogP contribution in [0.4, 0.5) is 4.39 Å². The van der Waals surface area contributed by atoms with Crippen molar-refractivity contribution in [3.63, 3.8) is 0 Å². The lowest BCUT2D eigenvalue weighted by molar-refractivity contribution is 0.0814. The number of halogens is 1. The van der Waals surface area contributed by atoms with Gasteiger partial charge < -0.3 is 10.5 Å². The summed E-state index contributed by atoms with van der Waals surface area (Å²) in [4.78, 5) is 2.25. The summed E-state index contributed by atoms with van der Waals surface area (Å²) in [6.45, 7) is 3.90. The Kier molecular flexibility index (Phi) is 5.13. The largest absolute Gasteiger partial charge is 0.377 e. The highest BCUT2D eigenvalue weighted by molar-refractivity contribution is 5.42. The highest BCUT2D eigenvalue weighted by atomic mass is 19.1. The van der Waals surface area contributed by atoms with Gasteiger partial charge in [0.15, 0.2) is 0 Å². The first-order chi connectivity index (χ1) is 9.61. The van der Waals surface area contributed by atoms with Gasteiger partial charge in [0.05, 0.1) is 12.6 Å². The molecule has 0 aromatic heterocycles. The van der Waals surface area contributed by atoms with Crippen LogP contribution in [0, 0.1) is 17.7 Å². The molecule has 2 unspecified atom stereocenters. The number of ether oxygens (including phenoxy) is 1. The standard InChI is InChI=1S/C16H21FN2O/c1-12-16(7-9-20-12)19(2)11-14-5-6-15(17)10-13(14)4-3-8-18/h5-6,10,12,16H,7-9,11,18H2,1-2H3. The first-order valence-corrected chi connectivity index (χ1v) is 6.91. The zero-order valence-electron chi connectivity index (χ0n) is 12.0. The van der Waals surface area contributed by atoms with Crippen LogP contribution in [0.2, 0.25) is 0 Å². The summed E-state index contributed by atoms with van der Waals surface area (Å²) in [5, 5.41) is 0. The van der Waals surface area contributed by atoms with Gasteiger partial charge in [0.2, 0.25) is 0 Å². The quantitative estimate of drug-likeness (QED) is 0.855. The minimum absolute atomic E-state index is 0.235. The number of benzene rings is 1. The van der Waals surface area contributed by atoms with Crippen LogP contribution in [-0.4, -0.2) is 37.2 Å². The molecule has 2 atom stereocenters. The average molecular weight is 276 g/mol. The van der Waals surface area contributed by atoms with E-state index in [4.69, 9.17) is 10.5 Å². The molecular formula is C16H21FN2O. The van der Waals surface area contributed by atoms with Crippen molar-refractivity contribution >= 4 is 0 Å². The average Bonchev–Trinajstić information content (AvgIpc) is 2.85. The zero-order chi connectivity index (χ0) is 14.5. The molecule has 1 fully saturated rings. The predicted octanol–water partition coefficient (Wildman–Crippen LogP) is 1.75. The molecule has 0 spiro atoms. The summed E-state index contributed by atoms with van der Waals surface area (Å²) >= 11 is 0. The van der Waals surface area contributed by atoms with E-state index in [-0.39, 0.29) is 18.5 Å². The molecule has 1 aromatic rings. The molecular weight excluding hydrogens is 255 g/mol. The molecule has 1 heterocycles. The fourth-order valence-corrected chi connectivity index (χ4v) is 2.63. The van der Waals surface area contributed by atoms with E-state index in [1.54, 1.807) is 6.07 Å². The molecule has 0 radical (unpaired) electrons. The van der Waals surface area contributed by atoms with Crippen molar-refractivity contribution in [3.05, 3.63) is 35.1 Å². The van der Waals surface area contributed by atoms with Gasteiger partial charge in [-0.15, -0.1) is 0 Å². The lowest BCUT2D eigenvalue weighted by Crippen LogP contribution is -2.36. The first kappa shape index (κ1) is 15.0. The van der Waals surface area contributed by atoms with Crippen molar-refractivity contribution in [3.8, 4) is 11.8 Å². The van der Waals surface area contributed by atoms with Crippen LogP contribution >= 0.6 is 0 Å². The maximum atomic E-state index is 13.3. The smallest absolute Gasteiger partial charge is 0.124 e. The molecule has 1 aromatic carbocycles. The molecule has 1 saturated heterocycles. The Balaban J connectivity index is 2.15. The number of nitrogens with two attached hydrogens (primary N) is 1. The van der Waals surface area contributed by atoms with E-state index in [1.165, 1.54) is 12.1 Å². The molecule has 4 heteroatoms. The van der Waals surface area contributed by atoms with Crippen LogP contribution < -0.4 is 5.73 Å². The van der Waals surface area contributed by atoms with Gasteiger partial charge in [-0.1, -0.05) is 17.9 Å².